The molecule has 1 aromatic heterocycles. The van der Waals surface area contributed by atoms with Crippen molar-refractivity contribution in [1.29, 1.82) is 0 Å². The Morgan fingerprint density at radius 3 is 2.79 bits per heavy atom. The molecule has 0 radical (unpaired) electrons. The number of nitrogens with zero attached hydrogens (tertiary/aromatic N) is 1. The summed E-state index contributed by atoms with van der Waals surface area (Å²) in [5.74, 6) is -0.182. The lowest BCUT2D eigenvalue weighted by molar-refractivity contribution is -0.0156. The smallest absolute Gasteiger partial charge is 0.481 e. The van der Waals surface area contributed by atoms with Gasteiger partial charge in [-0.1, -0.05) is 18.2 Å². The van der Waals surface area contributed by atoms with Gasteiger partial charge in [-0.25, -0.2) is 18.6 Å². The molecule has 8 nitrogen and oxygen atoms in total. The molecule has 2 aromatic carbocycles. The molecule has 1 saturated heterocycles. The first-order valence-corrected chi connectivity index (χ1v) is 12.3. The second-order valence-corrected chi connectivity index (χ2v) is 9.02. The van der Waals surface area contributed by atoms with Gasteiger partial charge in [0, 0.05) is 35.6 Å². The number of nitrogens with one attached hydrogen (secondary N) is 1. The lowest BCUT2D eigenvalue weighted by atomic mass is 9.94. The van der Waals surface area contributed by atoms with Crippen LogP contribution in [-0.4, -0.2) is 56.7 Å². The molecule has 3 aromatic rings. The van der Waals surface area contributed by atoms with Crippen LogP contribution >= 0.6 is 0 Å². The average Bonchev–Trinajstić information content (AvgIpc) is 2.94. The molecule has 2 unspecified atom stereocenters. The maximum Gasteiger partial charge on any atom is 0.513 e. The fourth-order valence-electron chi connectivity index (χ4n) is 4.45. The van der Waals surface area contributed by atoms with Crippen LogP contribution in [0.15, 0.2) is 48.5 Å². The van der Waals surface area contributed by atoms with Crippen LogP contribution in [0.4, 0.5) is 13.6 Å². The molecule has 2 heterocycles. The number of aromatic nitrogens is 1. The fraction of sp³-hybridized carbons (Fsp3) is 0.357. The summed E-state index contributed by atoms with van der Waals surface area (Å²) in [5, 5.41) is 3.99. The number of rotatable bonds is 9. The highest BCUT2D eigenvalue weighted by molar-refractivity contribution is 5.90. The molecule has 3 N–H and O–H groups in total. The molecule has 0 amide bonds. The Bertz CT molecular complexity index is 1290. The van der Waals surface area contributed by atoms with Crippen LogP contribution in [0.1, 0.15) is 24.0 Å². The van der Waals surface area contributed by atoms with E-state index in [4.69, 9.17) is 19.9 Å². The number of fused-ring (bicyclic) bond motifs is 1. The number of hydrogen-bond donors (Lipinski definition) is 2. The summed E-state index contributed by atoms with van der Waals surface area (Å²) in [6.45, 7) is 0.986. The minimum absolute atomic E-state index is 0.127. The molecule has 202 valence electrons. The van der Waals surface area contributed by atoms with E-state index in [0.29, 0.717) is 42.1 Å². The van der Waals surface area contributed by atoms with Crippen molar-refractivity contribution in [2.24, 2.45) is 5.73 Å². The first-order valence-electron chi connectivity index (χ1n) is 12.3. The van der Waals surface area contributed by atoms with Crippen molar-refractivity contribution in [2.45, 2.75) is 37.5 Å². The number of hydrogen-bond acceptors (Lipinski definition) is 8. The number of nitrogens with two attached hydrogens (primary N) is 1. The summed E-state index contributed by atoms with van der Waals surface area (Å²) >= 11 is 0. The van der Waals surface area contributed by atoms with Crippen molar-refractivity contribution in [3.8, 4) is 11.6 Å². The summed E-state index contributed by atoms with van der Waals surface area (Å²) < 4.78 is 48.3. The Hall–Kier alpha value is -3.60. The third-order valence-corrected chi connectivity index (χ3v) is 6.47. The largest absolute Gasteiger partial charge is 0.513 e. The zero-order chi connectivity index (χ0) is 27.1. The topological polar surface area (TPSA) is 105 Å². The van der Waals surface area contributed by atoms with Crippen molar-refractivity contribution >= 4 is 23.1 Å². The van der Waals surface area contributed by atoms with Crippen LogP contribution in [-0.2, 0) is 15.9 Å². The highest BCUT2D eigenvalue weighted by Crippen LogP contribution is 2.31. The van der Waals surface area contributed by atoms with Gasteiger partial charge in [0.25, 0.3) is 0 Å². The van der Waals surface area contributed by atoms with Crippen molar-refractivity contribution in [2.75, 3.05) is 27.4 Å². The number of benzene rings is 2. The highest BCUT2D eigenvalue weighted by Gasteiger charge is 2.27. The van der Waals surface area contributed by atoms with E-state index < -0.39 is 17.8 Å². The third kappa shape index (κ3) is 6.83. The van der Waals surface area contributed by atoms with Crippen LogP contribution in [0.5, 0.6) is 11.6 Å². The lowest BCUT2D eigenvalue weighted by Gasteiger charge is -2.33. The SMILES string of the molecule is COC(=O)Oc1ccc(C[C@@H](N)C2CCC(NC/C=C/c3cc(F)ccc3F)CO2)c2nc(OC)ccc12. The van der Waals surface area contributed by atoms with Gasteiger partial charge in [0.05, 0.1) is 32.4 Å². The predicted octanol–water partition coefficient (Wildman–Crippen LogP) is 4.39. The van der Waals surface area contributed by atoms with Gasteiger partial charge in [0.2, 0.25) is 5.88 Å². The number of methoxy groups -OCH3 is 2. The van der Waals surface area contributed by atoms with Gasteiger partial charge in [-0.3, -0.25) is 0 Å². The van der Waals surface area contributed by atoms with E-state index in [1.54, 1.807) is 30.4 Å². The summed E-state index contributed by atoms with van der Waals surface area (Å²) in [4.78, 5) is 16.2. The van der Waals surface area contributed by atoms with Gasteiger partial charge in [0.1, 0.15) is 17.4 Å². The second-order valence-electron chi connectivity index (χ2n) is 9.02. The normalized spacial score (nSPS) is 18.4. The average molecular weight is 528 g/mol. The molecule has 38 heavy (non-hydrogen) atoms. The van der Waals surface area contributed by atoms with E-state index in [2.05, 4.69) is 15.0 Å². The van der Waals surface area contributed by atoms with E-state index in [1.165, 1.54) is 14.2 Å². The molecule has 0 spiro atoms. The van der Waals surface area contributed by atoms with Crippen molar-refractivity contribution in [3.63, 3.8) is 0 Å². The Morgan fingerprint density at radius 2 is 2.05 bits per heavy atom. The predicted molar refractivity (Wildman–Crippen MR) is 139 cm³/mol. The van der Waals surface area contributed by atoms with Crippen LogP contribution < -0.4 is 20.5 Å². The maximum absolute atomic E-state index is 13.7. The van der Waals surface area contributed by atoms with Crippen molar-refractivity contribution in [3.05, 3.63) is 71.3 Å². The van der Waals surface area contributed by atoms with Gasteiger partial charge in [-0.2, -0.15) is 0 Å². The van der Waals surface area contributed by atoms with E-state index in [0.717, 1.165) is 36.6 Å². The minimum atomic E-state index is -0.818. The molecule has 0 saturated carbocycles. The van der Waals surface area contributed by atoms with Gasteiger partial charge in [0.15, 0.2) is 0 Å². The van der Waals surface area contributed by atoms with E-state index in [1.807, 2.05) is 6.07 Å². The van der Waals surface area contributed by atoms with Crippen molar-refractivity contribution in [1.82, 2.24) is 10.3 Å². The molecular formula is C28H31F2N3O5. The number of ether oxygens (including phenoxy) is 4. The minimum Gasteiger partial charge on any atom is -0.481 e. The standard InChI is InChI=1S/C28H31F2N3O5/c1-35-26-12-8-21-24(38-28(34)36-2)10-5-18(27(21)33-26)15-23(31)25-11-7-20(16-37-25)32-13-3-4-17-14-19(29)6-9-22(17)30/h3-6,8-10,12,14,20,23,25,32H,7,11,13,15-16,31H2,1-2H3/b4-3+/t20?,23-,25?/m1/s1. The zero-order valence-corrected chi connectivity index (χ0v) is 21.3. The molecule has 0 bridgehead atoms. The third-order valence-electron chi connectivity index (χ3n) is 6.47. The zero-order valence-electron chi connectivity index (χ0n) is 21.3. The Morgan fingerprint density at radius 1 is 1.21 bits per heavy atom. The highest BCUT2D eigenvalue weighted by atomic mass is 19.1. The molecule has 1 fully saturated rings. The van der Waals surface area contributed by atoms with Gasteiger partial charge >= 0.3 is 6.16 Å². The van der Waals surface area contributed by atoms with Crippen LogP contribution in [0.3, 0.4) is 0 Å². The first kappa shape index (κ1) is 27.4. The summed E-state index contributed by atoms with van der Waals surface area (Å²) in [5.41, 5.74) is 8.26. The van der Waals surface area contributed by atoms with Crippen LogP contribution in [0, 0.1) is 11.6 Å². The molecule has 0 aliphatic carbocycles. The molecule has 1 aliphatic heterocycles. The molecule has 4 rings (SSSR count). The Labute approximate surface area is 219 Å². The number of carbonyl (C=O) groups excluding carboxylic acids is 1. The van der Waals surface area contributed by atoms with Gasteiger partial charge in [-0.15, -0.1) is 0 Å². The van der Waals surface area contributed by atoms with Crippen molar-refractivity contribution < 1.29 is 32.5 Å². The fourth-order valence-corrected chi connectivity index (χ4v) is 4.45. The first-order chi connectivity index (χ1) is 18.4. The lowest BCUT2D eigenvalue weighted by Crippen LogP contribution is -2.47. The van der Waals surface area contributed by atoms with Gasteiger partial charge < -0.3 is 30.0 Å². The van der Waals surface area contributed by atoms with E-state index in [-0.39, 0.29) is 23.8 Å². The van der Waals surface area contributed by atoms with Crippen LogP contribution in [0.25, 0.3) is 17.0 Å². The molecular weight excluding hydrogens is 496 g/mol. The maximum atomic E-state index is 13.7. The van der Waals surface area contributed by atoms with Gasteiger partial charge in [-0.05, 0) is 55.2 Å². The number of halogens is 2. The molecule has 3 atom stereocenters. The Kier molecular flexibility index (Phi) is 9.22. The van der Waals surface area contributed by atoms with E-state index in [9.17, 15) is 13.6 Å². The molecule has 1 aliphatic rings. The number of carbonyl (C=O) groups is 1. The van der Waals surface area contributed by atoms with E-state index >= 15 is 0 Å². The quantitative estimate of drug-likeness (QED) is 0.312. The summed E-state index contributed by atoms with van der Waals surface area (Å²) in [7, 11) is 2.78. The Balaban J connectivity index is 1.34. The summed E-state index contributed by atoms with van der Waals surface area (Å²) in [6.07, 6.45) is 4.48. The summed E-state index contributed by atoms with van der Waals surface area (Å²) in [6, 6.07) is 10.2. The molecule has 10 heteroatoms. The monoisotopic (exact) mass is 527 g/mol. The second kappa shape index (κ2) is 12.8. The van der Waals surface area contributed by atoms with Crippen LogP contribution in [0.2, 0.25) is 0 Å². The number of pyridine rings is 1.